The lowest BCUT2D eigenvalue weighted by atomic mass is 9.71. The standard InChI is InChI=1S/C21H30N2O3/c1-22(2)20(25)18-15-23(16-21(18)11-13-26-14-12-21)19(24)10-6-9-17-7-4-3-5-8-17/h3-5,7-8,18H,6,9-16H2,1-2H3. The second kappa shape index (κ2) is 8.21. The number of benzene rings is 1. The molecular weight excluding hydrogens is 328 g/mol. The average Bonchev–Trinajstić information content (AvgIpc) is 3.01. The van der Waals surface area contributed by atoms with Gasteiger partial charge in [0.15, 0.2) is 0 Å². The van der Waals surface area contributed by atoms with Gasteiger partial charge in [0, 0.05) is 52.2 Å². The average molecular weight is 358 g/mol. The first-order chi connectivity index (χ1) is 12.5. The zero-order valence-corrected chi connectivity index (χ0v) is 15.9. The third kappa shape index (κ3) is 4.09. The Morgan fingerprint density at radius 3 is 2.54 bits per heavy atom. The first-order valence-corrected chi connectivity index (χ1v) is 9.62. The number of aryl methyl sites for hydroxylation is 1. The molecule has 26 heavy (non-hydrogen) atoms. The number of ether oxygens (including phenoxy) is 1. The SMILES string of the molecule is CN(C)C(=O)C1CN(C(=O)CCCc2ccccc2)CC12CCOCC2. The van der Waals surface area contributed by atoms with Crippen LogP contribution in [0.3, 0.4) is 0 Å². The summed E-state index contributed by atoms with van der Waals surface area (Å²) in [6.07, 6.45) is 4.04. The zero-order valence-electron chi connectivity index (χ0n) is 15.9. The monoisotopic (exact) mass is 358 g/mol. The van der Waals surface area contributed by atoms with Crippen LogP contribution in [0.15, 0.2) is 30.3 Å². The van der Waals surface area contributed by atoms with E-state index in [0.717, 1.165) is 25.7 Å². The van der Waals surface area contributed by atoms with Crippen molar-refractivity contribution in [2.45, 2.75) is 32.1 Å². The second-order valence-corrected chi connectivity index (χ2v) is 7.87. The quantitative estimate of drug-likeness (QED) is 0.812. The number of nitrogens with zero attached hydrogens (tertiary/aromatic N) is 2. The fraction of sp³-hybridized carbons (Fsp3) is 0.619. The summed E-state index contributed by atoms with van der Waals surface area (Å²) >= 11 is 0. The highest BCUT2D eigenvalue weighted by Gasteiger charge is 2.51. The van der Waals surface area contributed by atoms with Gasteiger partial charge in [0.25, 0.3) is 0 Å². The van der Waals surface area contributed by atoms with Gasteiger partial charge < -0.3 is 14.5 Å². The van der Waals surface area contributed by atoms with Crippen LogP contribution in [0, 0.1) is 11.3 Å². The van der Waals surface area contributed by atoms with Crippen molar-refractivity contribution in [3.63, 3.8) is 0 Å². The molecule has 2 aliphatic heterocycles. The van der Waals surface area contributed by atoms with E-state index in [4.69, 9.17) is 4.74 Å². The van der Waals surface area contributed by atoms with E-state index in [2.05, 4.69) is 12.1 Å². The number of carbonyl (C=O) groups excluding carboxylic acids is 2. The lowest BCUT2D eigenvalue weighted by molar-refractivity contribution is -0.138. The van der Waals surface area contributed by atoms with Gasteiger partial charge in [-0.05, 0) is 31.2 Å². The molecule has 1 atom stereocenters. The van der Waals surface area contributed by atoms with Gasteiger partial charge in [0.1, 0.15) is 0 Å². The maximum absolute atomic E-state index is 12.8. The van der Waals surface area contributed by atoms with Gasteiger partial charge in [-0.25, -0.2) is 0 Å². The Labute approximate surface area is 156 Å². The van der Waals surface area contributed by atoms with Gasteiger partial charge in [-0.1, -0.05) is 30.3 Å². The molecule has 0 N–H and O–H groups in total. The van der Waals surface area contributed by atoms with Gasteiger partial charge in [-0.3, -0.25) is 9.59 Å². The van der Waals surface area contributed by atoms with E-state index in [1.807, 2.05) is 23.1 Å². The van der Waals surface area contributed by atoms with Crippen LogP contribution < -0.4 is 0 Å². The summed E-state index contributed by atoms with van der Waals surface area (Å²) in [6, 6.07) is 10.3. The van der Waals surface area contributed by atoms with Gasteiger partial charge >= 0.3 is 0 Å². The topological polar surface area (TPSA) is 49.9 Å². The summed E-state index contributed by atoms with van der Waals surface area (Å²) in [4.78, 5) is 29.1. The van der Waals surface area contributed by atoms with Crippen molar-refractivity contribution in [2.75, 3.05) is 40.4 Å². The molecule has 2 aliphatic rings. The Balaban J connectivity index is 1.61. The van der Waals surface area contributed by atoms with Crippen LogP contribution in [0.4, 0.5) is 0 Å². The van der Waals surface area contributed by atoms with E-state index in [1.54, 1.807) is 19.0 Å². The maximum atomic E-state index is 12.8. The molecule has 0 aliphatic carbocycles. The lowest BCUT2D eigenvalue weighted by Crippen LogP contribution is -2.44. The molecule has 3 rings (SSSR count). The minimum absolute atomic E-state index is 0.0977. The molecule has 1 aromatic rings. The Morgan fingerprint density at radius 1 is 1.19 bits per heavy atom. The van der Waals surface area contributed by atoms with E-state index >= 15 is 0 Å². The van der Waals surface area contributed by atoms with Crippen molar-refractivity contribution >= 4 is 11.8 Å². The number of hydrogen-bond donors (Lipinski definition) is 0. The smallest absolute Gasteiger partial charge is 0.227 e. The predicted molar refractivity (Wildman–Crippen MR) is 101 cm³/mol. The summed E-state index contributed by atoms with van der Waals surface area (Å²) in [6.45, 7) is 2.63. The molecule has 0 saturated carbocycles. The molecule has 1 aromatic carbocycles. The number of likely N-dealkylation sites (tertiary alicyclic amines) is 1. The highest BCUT2D eigenvalue weighted by molar-refractivity contribution is 5.83. The molecule has 0 bridgehead atoms. The Kier molecular flexibility index (Phi) is 5.97. The fourth-order valence-corrected chi connectivity index (χ4v) is 4.34. The molecule has 0 radical (unpaired) electrons. The third-order valence-electron chi connectivity index (χ3n) is 5.93. The Hall–Kier alpha value is -1.88. The van der Waals surface area contributed by atoms with E-state index < -0.39 is 0 Å². The second-order valence-electron chi connectivity index (χ2n) is 7.87. The number of hydrogen-bond acceptors (Lipinski definition) is 3. The third-order valence-corrected chi connectivity index (χ3v) is 5.93. The molecule has 1 spiro atoms. The number of rotatable bonds is 5. The van der Waals surface area contributed by atoms with Crippen molar-refractivity contribution in [3.8, 4) is 0 Å². The van der Waals surface area contributed by atoms with Crippen LogP contribution in [-0.2, 0) is 20.7 Å². The van der Waals surface area contributed by atoms with E-state index in [-0.39, 0.29) is 23.1 Å². The summed E-state index contributed by atoms with van der Waals surface area (Å²) in [5.74, 6) is 0.229. The zero-order chi connectivity index (χ0) is 18.6. The van der Waals surface area contributed by atoms with Gasteiger partial charge in [-0.2, -0.15) is 0 Å². The van der Waals surface area contributed by atoms with Crippen LogP contribution in [0.5, 0.6) is 0 Å². The van der Waals surface area contributed by atoms with Crippen molar-refractivity contribution < 1.29 is 14.3 Å². The Morgan fingerprint density at radius 2 is 1.88 bits per heavy atom. The van der Waals surface area contributed by atoms with Crippen molar-refractivity contribution in [2.24, 2.45) is 11.3 Å². The van der Waals surface area contributed by atoms with Crippen molar-refractivity contribution in [3.05, 3.63) is 35.9 Å². The first kappa shape index (κ1) is 18.9. The summed E-state index contributed by atoms with van der Waals surface area (Å²) in [5.41, 5.74) is 1.16. The van der Waals surface area contributed by atoms with Crippen molar-refractivity contribution in [1.29, 1.82) is 0 Å². The molecule has 5 nitrogen and oxygen atoms in total. The molecule has 2 saturated heterocycles. The van der Waals surface area contributed by atoms with Crippen LogP contribution in [0.1, 0.15) is 31.2 Å². The number of carbonyl (C=O) groups is 2. The lowest BCUT2D eigenvalue weighted by Gasteiger charge is -2.37. The van der Waals surface area contributed by atoms with E-state index in [0.29, 0.717) is 32.7 Å². The van der Waals surface area contributed by atoms with Gasteiger partial charge in [0.05, 0.1) is 5.92 Å². The summed E-state index contributed by atoms with van der Waals surface area (Å²) in [7, 11) is 3.61. The first-order valence-electron chi connectivity index (χ1n) is 9.62. The highest BCUT2D eigenvalue weighted by Crippen LogP contribution is 2.45. The summed E-state index contributed by atoms with van der Waals surface area (Å²) in [5, 5.41) is 0. The Bertz CT molecular complexity index is 623. The molecule has 2 amide bonds. The fourth-order valence-electron chi connectivity index (χ4n) is 4.34. The molecule has 5 heteroatoms. The van der Waals surface area contributed by atoms with E-state index in [1.165, 1.54) is 5.56 Å². The van der Waals surface area contributed by atoms with Crippen LogP contribution in [0.2, 0.25) is 0 Å². The normalized spacial score (nSPS) is 21.8. The minimum Gasteiger partial charge on any atom is -0.381 e. The predicted octanol–water partition coefficient (Wildman–Crippen LogP) is 2.35. The molecule has 142 valence electrons. The van der Waals surface area contributed by atoms with E-state index in [9.17, 15) is 9.59 Å². The van der Waals surface area contributed by atoms with Gasteiger partial charge in [0.2, 0.25) is 11.8 Å². The van der Waals surface area contributed by atoms with Crippen molar-refractivity contribution in [1.82, 2.24) is 9.80 Å². The largest absolute Gasteiger partial charge is 0.381 e. The van der Waals surface area contributed by atoms with Crippen LogP contribution >= 0.6 is 0 Å². The van der Waals surface area contributed by atoms with Crippen LogP contribution in [0.25, 0.3) is 0 Å². The molecule has 2 heterocycles. The molecule has 0 aromatic heterocycles. The molecular formula is C21H30N2O3. The number of amides is 2. The van der Waals surface area contributed by atoms with Crippen LogP contribution in [-0.4, -0.2) is 62.0 Å². The maximum Gasteiger partial charge on any atom is 0.227 e. The molecule has 2 fully saturated rings. The minimum atomic E-state index is -0.102. The summed E-state index contributed by atoms with van der Waals surface area (Å²) < 4.78 is 5.53. The molecule has 1 unspecified atom stereocenters. The highest BCUT2D eigenvalue weighted by atomic mass is 16.5. The van der Waals surface area contributed by atoms with Gasteiger partial charge in [-0.15, -0.1) is 0 Å².